The van der Waals surface area contributed by atoms with E-state index in [0.717, 1.165) is 0 Å². The third kappa shape index (κ3) is 20.6. The largest absolute Gasteiger partial charge is 0.377 e. The van der Waals surface area contributed by atoms with Crippen molar-refractivity contribution in [2.75, 3.05) is 79.2 Å². The first-order valence-corrected chi connectivity index (χ1v) is 7.37. The Morgan fingerprint density at radius 3 is 1.00 bits per heavy atom. The van der Waals surface area contributed by atoms with E-state index in [0.29, 0.717) is 79.2 Å². The number of nitrogens with zero attached hydrogens (tertiary/aromatic N) is 2. The van der Waals surface area contributed by atoms with E-state index in [2.05, 4.69) is 9.98 Å². The standard InChI is InChI=1S/C14H24N2O7/c17-13-15-1-3-19-5-7-21-9-11-23-12-10-22-8-6-20-4-2-16-14-18/h1-12H2. The molecule has 0 fully saturated rings. The Hall–Kier alpha value is -1.44. The van der Waals surface area contributed by atoms with Gasteiger partial charge in [-0.1, -0.05) is 0 Å². The van der Waals surface area contributed by atoms with Crippen LogP contribution in [-0.4, -0.2) is 91.3 Å². The molecule has 0 atom stereocenters. The van der Waals surface area contributed by atoms with Crippen LogP contribution in [0, 0.1) is 0 Å². The maximum Gasteiger partial charge on any atom is 0.235 e. The predicted octanol–water partition coefficient (Wildman–Crippen LogP) is -0.259. The van der Waals surface area contributed by atoms with Gasteiger partial charge in [-0.3, -0.25) is 0 Å². The van der Waals surface area contributed by atoms with Crippen molar-refractivity contribution in [2.24, 2.45) is 9.98 Å². The monoisotopic (exact) mass is 332 g/mol. The van der Waals surface area contributed by atoms with Crippen molar-refractivity contribution in [2.45, 2.75) is 0 Å². The van der Waals surface area contributed by atoms with Crippen LogP contribution in [-0.2, 0) is 33.3 Å². The van der Waals surface area contributed by atoms with Gasteiger partial charge in [-0.25, -0.2) is 19.6 Å². The highest BCUT2D eigenvalue weighted by atomic mass is 16.6. The number of isocyanates is 2. The zero-order chi connectivity index (χ0) is 16.8. The maximum absolute atomic E-state index is 9.77. The Bertz CT molecular complexity index is 310. The smallest absolute Gasteiger partial charge is 0.235 e. The van der Waals surface area contributed by atoms with Gasteiger partial charge < -0.3 is 23.7 Å². The lowest BCUT2D eigenvalue weighted by Crippen LogP contribution is -2.13. The molecule has 0 aromatic rings. The van der Waals surface area contributed by atoms with Gasteiger partial charge in [0.1, 0.15) is 0 Å². The van der Waals surface area contributed by atoms with E-state index in [-0.39, 0.29) is 0 Å². The lowest BCUT2D eigenvalue weighted by Gasteiger charge is -2.07. The Morgan fingerprint density at radius 1 is 0.478 bits per heavy atom. The molecule has 0 rings (SSSR count). The summed E-state index contributed by atoms with van der Waals surface area (Å²) in [4.78, 5) is 26.3. The van der Waals surface area contributed by atoms with Gasteiger partial charge in [0.05, 0.1) is 79.2 Å². The number of ether oxygens (including phenoxy) is 5. The normalized spacial score (nSPS) is 10.1. The van der Waals surface area contributed by atoms with Gasteiger partial charge in [0.15, 0.2) is 0 Å². The highest BCUT2D eigenvalue weighted by molar-refractivity contribution is 5.32. The first kappa shape index (κ1) is 21.6. The summed E-state index contributed by atoms with van der Waals surface area (Å²) in [5.74, 6) is 0. The minimum Gasteiger partial charge on any atom is -0.377 e. The zero-order valence-corrected chi connectivity index (χ0v) is 13.2. The summed E-state index contributed by atoms with van der Waals surface area (Å²) in [6, 6.07) is 0. The molecule has 0 aliphatic carbocycles. The van der Waals surface area contributed by atoms with Crippen molar-refractivity contribution in [1.29, 1.82) is 0 Å². The molecule has 9 nitrogen and oxygen atoms in total. The molecule has 0 radical (unpaired) electrons. The van der Waals surface area contributed by atoms with Crippen LogP contribution in [0.5, 0.6) is 0 Å². The second kappa shape index (κ2) is 20.6. The average molecular weight is 332 g/mol. The SMILES string of the molecule is O=C=NCCOCCOCCOCCOCCOCCN=C=O. The third-order valence-corrected chi connectivity index (χ3v) is 2.31. The van der Waals surface area contributed by atoms with Gasteiger partial charge in [0.25, 0.3) is 0 Å². The predicted molar refractivity (Wildman–Crippen MR) is 80.1 cm³/mol. The zero-order valence-electron chi connectivity index (χ0n) is 13.2. The van der Waals surface area contributed by atoms with E-state index in [1.54, 1.807) is 0 Å². The molecule has 0 saturated carbocycles. The van der Waals surface area contributed by atoms with E-state index >= 15 is 0 Å². The molecule has 9 heteroatoms. The van der Waals surface area contributed by atoms with E-state index in [1.165, 1.54) is 12.2 Å². The number of carbonyl (C=O) groups excluding carboxylic acids is 2. The molecule has 0 heterocycles. The van der Waals surface area contributed by atoms with Crippen LogP contribution < -0.4 is 0 Å². The number of aliphatic imine (C=N–C) groups is 2. The maximum atomic E-state index is 9.77. The second-order valence-corrected chi connectivity index (χ2v) is 4.01. The van der Waals surface area contributed by atoms with Gasteiger partial charge in [-0.15, -0.1) is 0 Å². The lowest BCUT2D eigenvalue weighted by molar-refractivity contribution is -0.00995. The van der Waals surface area contributed by atoms with Crippen LogP contribution in [0.15, 0.2) is 9.98 Å². The second-order valence-electron chi connectivity index (χ2n) is 4.01. The van der Waals surface area contributed by atoms with Crippen LogP contribution in [0.2, 0.25) is 0 Å². The summed E-state index contributed by atoms with van der Waals surface area (Å²) in [7, 11) is 0. The fraction of sp³-hybridized carbons (Fsp3) is 0.857. The first-order chi connectivity index (χ1) is 11.4. The average Bonchev–Trinajstić information content (AvgIpc) is 2.57. The fourth-order valence-corrected chi connectivity index (χ4v) is 1.29. The van der Waals surface area contributed by atoms with Crippen LogP contribution in [0.1, 0.15) is 0 Å². The van der Waals surface area contributed by atoms with Crippen molar-refractivity contribution >= 4 is 12.2 Å². The molecule has 0 N–H and O–H groups in total. The van der Waals surface area contributed by atoms with E-state index in [1.807, 2.05) is 0 Å². The van der Waals surface area contributed by atoms with Crippen molar-refractivity contribution in [3.63, 3.8) is 0 Å². The van der Waals surface area contributed by atoms with Crippen LogP contribution in [0.25, 0.3) is 0 Å². The molecule has 23 heavy (non-hydrogen) atoms. The minimum atomic E-state index is 0.324. The Labute approximate surface area is 135 Å². The Morgan fingerprint density at radius 2 is 0.739 bits per heavy atom. The Kier molecular flexibility index (Phi) is 19.3. The summed E-state index contributed by atoms with van der Waals surface area (Å²) < 4.78 is 26.2. The topological polar surface area (TPSA) is 105 Å². The summed E-state index contributed by atoms with van der Waals surface area (Å²) in [6.45, 7) is 5.21. The highest BCUT2D eigenvalue weighted by Crippen LogP contribution is 1.84. The molecule has 0 unspecified atom stereocenters. The molecule has 0 aliphatic rings. The molecule has 132 valence electrons. The number of hydrogen-bond acceptors (Lipinski definition) is 9. The van der Waals surface area contributed by atoms with Crippen molar-refractivity contribution in [1.82, 2.24) is 0 Å². The molecule has 0 aromatic carbocycles. The summed E-state index contributed by atoms with van der Waals surface area (Å²) in [5, 5.41) is 0. The summed E-state index contributed by atoms with van der Waals surface area (Å²) in [5.41, 5.74) is 0. The summed E-state index contributed by atoms with van der Waals surface area (Å²) >= 11 is 0. The third-order valence-electron chi connectivity index (χ3n) is 2.31. The molecule has 0 aliphatic heterocycles. The number of rotatable bonds is 18. The molecule has 0 aromatic heterocycles. The van der Waals surface area contributed by atoms with Crippen LogP contribution >= 0.6 is 0 Å². The van der Waals surface area contributed by atoms with Crippen molar-refractivity contribution in [3.05, 3.63) is 0 Å². The van der Waals surface area contributed by atoms with Crippen molar-refractivity contribution < 1.29 is 33.3 Å². The molecule has 0 saturated heterocycles. The van der Waals surface area contributed by atoms with Gasteiger partial charge in [-0.2, -0.15) is 0 Å². The van der Waals surface area contributed by atoms with Gasteiger partial charge in [0, 0.05) is 0 Å². The summed E-state index contributed by atoms with van der Waals surface area (Å²) in [6.07, 6.45) is 2.88. The van der Waals surface area contributed by atoms with Crippen LogP contribution in [0.4, 0.5) is 0 Å². The number of hydrogen-bond donors (Lipinski definition) is 0. The van der Waals surface area contributed by atoms with Crippen molar-refractivity contribution in [3.8, 4) is 0 Å². The van der Waals surface area contributed by atoms with E-state index in [4.69, 9.17) is 23.7 Å². The van der Waals surface area contributed by atoms with E-state index in [9.17, 15) is 9.59 Å². The lowest BCUT2D eigenvalue weighted by atomic mass is 10.6. The quantitative estimate of drug-likeness (QED) is 0.193. The van der Waals surface area contributed by atoms with Gasteiger partial charge >= 0.3 is 0 Å². The first-order valence-electron chi connectivity index (χ1n) is 7.37. The molecule has 0 amide bonds. The van der Waals surface area contributed by atoms with E-state index < -0.39 is 0 Å². The Balaban J connectivity index is 2.99. The molecule has 0 spiro atoms. The van der Waals surface area contributed by atoms with Gasteiger partial charge in [-0.05, 0) is 0 Å². The van der Waals surface area contributed by atoms with Crippen LogP contribution in [0.3, 0.4) is 0 Å². The molecule has 0 bridgehead atoms. The molecular formula is C14H24N2O7. The fourth-order valence-electron chi connectivity index (χ4n) is 1.29. The minimum absolute atomic E-state index is 0.324. The highest BCUT2D eigenvalue weighted by Gasteiger charge is 1.93. The van der Waals surface area contributed by atoms with Gasteiger partial charge in [0.2, 0.25) is 12.2 Å². The molecular weight excluding hydrogens is 308 g/mol.